The van der Waals surface area contributed by atoms with Crippen molar-refractivity contribution in [2.45, 2.75) is 33.1 Å². The summed E-state index contributed by atoms with van der Waals surface area (Å²) in [5.41, 5.74) is 3.38. The summed E-state index contributed by atoms with van der Waals surface area (Å²) in [6, 6.07) is 8.09. The molecule has 1 atom stereocenters. The number of aryl methyl sites for hydroxylation is 2. The molecule has 0 saturated carbocycles. The van der Waals surface area contributed by atoms with Crippen LogP contribution in [0, 0.1) is 12.8 Å². The van der Waals surface area contributed by atoms with Crippen molar-refractivity contribution >= 4 is 21.6 Å². The van der Waals surface area contributed by atoms with Crippen molar-refractivity contribution in [3.8, 4) is 11.4 Å². The van der Waals surface area contributed by atoms with E-state index in [-0.39, 0.29) is 5.56 Å². The minimum absolute atomic E-state index is 0.00793. The van der Waals surface area contributed by atoms with Crippen LogP contribution in [-0.4, -0.2) is 9.97 Å². The van der Waals surface area contributed by atoms with Crippen LogP contribution in [0.5, 0.6) is 0 Å². The summed E-state index contributed by atoms with van der Waals surface area (Å²) in [7, 11) is 0. The first-order chi connectivity index (χ1) is 10.6. The fourth-order valence-electron chi connectivity index (χ4n) is 3.28. The molecule has 0 bridgehead atoms. The highest BCUT2D eigenvalue weighted by Gasteiger charge is 2.23. The fraction of sp³-hybridized carbons (Fsp3) is 0.333. The maximum Gasteiger partial charge on any atom is 0.260 e. The highest BCUT2D eigenvalue weighted by Crippen LogP contribution is 2.36. The summed E-state index contributed by atoms with van der Waals surface area (Å²) in [6.07, 6.45) is 3.25. The highest BCUT2D eigenvalue weighted by atomic mass is 32.1. The Kier molecular flexibility index (Phi) is 3.15. The Morgan fingerprint density at radius 1 is 1.36 bits per heavy atom. The molecule has 0 radical (unpaired) electrons. The number of fused-ring (bicyclic) bond motifs is 3. The van der Waals surface area contributed by atoms with Gasteiger partial charge in [-0.2, -0.15) is 0 Å². The van der Waals surface area contributed by atoms with Gasteiger partial charge in [0, 0.05) is 10.4 Å². The molecule has 4 rings (SSSR count). The molecule has 0 saturated heterocycles. The number of thiophene rings is 1. The minimum Gasteiger partial charge on any atom is -0.306 e. The van der Waals surface area contributed by atoms with Crippen LogP contribution in [0.2, 0.25) is 0 Å². The normalized spacial score (nSPS) is 17.6. The van der Waals surface area contributed by atoms with Crippen molar-refractivity contribution in [3.63, 3.8) is 0 Å². The lowest BCUT2D eigenvalue weighted by molar-refractivity contribution is 0.509. The van der Waals surface area contributed by atoms with Crippen LogP contribution in [0.15, 0.2) is 29.1 Å². The Hall–Kier alpha value is -1.94. The standard InChI is InChI=1S/C18H18N2OS/c1-10-4-3-5-12(8-10)16-19-17(21)15-13-7-6-11(2)9-14(13)22-18(15)20-16/h3-5,8,11H,6-7,9H2,1-2H3,(H,19,20,21). The molecule has 1 N–H and O–H groups in total. The first-order valence-corrected chi connectivity index (χ1v) is 8.55. The predicted molar refractivity (Wildman–Crippen MR) is 91.6 cm³/mol. The average molecular weight is 310 g/mol. The molecule has 0 spiro atoms. The fourth-order valence-corrected chi connectivity index (χ4v) is 4.66. The lowest BCUT2D eigenvalue weighted by Gasteiger charge is -2.17. The second-order valence-corrected chi connectivity index (χ2v) is 7.40. The van der Waals surface area contributed by atoms with Gasteiger partial charge in [0.25, 0.3) is 5.56 Å². The number of H-pyrrole nitrogens is 1. The van der Waals surface area contributed by atoms with Crippen LogP contribution < -0.4 is 5.56 Å². The molecule has 0 amide bonds. The molecule has 4 heteroatoms. The van der Waals surface area contributed by atoms with Gasteiger partial charge in [-0.1, -0.05) is 30.7 Å². The second-order valence-electron chi connectivity index (χ2n) is 6.32. The molecular formula is C18H18N2OS. The third kappa shape index (κ3) is 2.18. The van der Waals surface area contributed by atoms with Gasteiger partial charge in [-0.25, -0.2) is 4.98 Å². The molecule has 0 fully saturated rings. The van der Waals surface area contributed by atoms with Crippen LogP contribution in [0.1, 0.15) is 29.3 Å². The zero-order valence-corrected chi connectivity index (χ0v) is 13.6. The van der Waals surface area contributed by atoms with Crippen molar-refractivity contribution in [2.24, 2.45) is 5.92 Å². The first kappa shape index (κ1) is 13.7. The third-order valence-corrected chi connectivity index (χ3v) is 5.61. The summed E-state index contributed by atoms with van der Waals surface area (Å²) in [5.74, 6) is 1.38. The average Bonchev–Trinajstić information content (AvgIpc) is 2.84. The predicted octanol–water partition coefficient (Wildman–Crippen LogP) is 4.08. The molecule has 0 aliphatic heterocycles. The van der Waals surface area contributed by atoms with E-state index in [0.717, 1.165) is 35.0 Å². The topological polar surface area (TPSA) is 45.8 Å². The van der Waals surface area contributed by atoms with Crippen molar-refractivity contribution in [1.29, 1.82) is 0 Å². The van der Waals surface area contributed by atoms with E-state index in [2.05, 4.69) is 18.0 Å². The zero-order chi connectivity index (χ0) is 15.3. The summed E-state index contributed by atoms with van der Waals surface area (Å²) in [4.78, 5) is 22.5. The number of nitrogens with one attached hydrogen (secondary N) is 1. The lowest BCUT2D eigenvalue weighted by atomic mass is 9.89. The Labute approximate surface area is 133 Å². The number of nitrogens with zero attached hydrogens (tertiary/aromatic N) is 1. The summed E-state index contributed by atoms with van der Waals surface area (Å²) < 4.78 is 0. The second kappa shape index (κ2) is 5.06. The SMILES string of the molecule is Cc1cccc(-c2nc3sc4c(c3c(=O)[nH]2)CCC(C)C4)c1. The number of hydrogen-bond acceptors (Lipinski definition) is 3. The zero-order valence-electron chi connectivity index (χ0n) is 12.8. The molecular weight excluding hydrogens is 292 g/mol. The van der Waals surface area contributed by atoms with Gasteiger partial charge < -0.3 is 4.98 Å². The Morgan fingerprint density at radius 2 is 2.23 bits per heavy atom. The molecule has 22 heavy (non-hydrogen) atoms. The van der Waals surface area contributed by atoms with Gasteiger partial charge >= 0.3 is 0 Å². The molecule has 1 aliphatic carbocycles. The smallest absolute Gasteiger partial charge is 0.260 e. The van der Waals surface area contributed by atoms with Crippen molar-refractivity contribution in [1.82, 2.24) is 9.97 Å². The lowest BCUT2D eigenvalue weighted by Crippen LogP contribution is -2.13. The largest absolute Gasteiger partial charge is 0.306 e. The van der Waals surface area contributed by atoms with E-state index in [1.165, 1.54) is 16.0 Å². The highest BCUT2D eigenvalue weighted by molar-refractivity contribution is 7.18. The maximum atomic E-state index is 12.6. The van der Waals surface area contributed by atoms with Gasteiger partial charge in [-0.15, -0.1) is 11.3 Å². The quantitative estimate of drug-likeness (QED) is 0.736. The van der Waals surface area contributed by atoms with Crippen LogP contribution in [-0.2, 0) is 12.8 Å². The van der Waals surface area contributed by atoms with Crippen LogP contribution >= 0.6 is 11.3 Å². The van der Waals surface area contributed by atoms with E-state index >= 15 is 0 Å². The van der Waals surface area contributed by atoms with Gasteiger partial charge in [-0.05, 0) is 43.7 Å². The first-order valence-electron chi connectivity index (χ1n) is 7.73. The third-order valence-electron chi connectivity index (χ3n) is 4.46. The Morgan fingerprint density at radius 3 is 3.05 bits per heavy atom. The van der Waals surface area contributed by atoms with Crippen molar-refractivity contribution in [3.05, 3.63) is 50.6 Å². The van der Waals surface area contributed by atoms with Crippen molar-refractivity contribution < 1.29 is 0 Å². The van der Waals surface area contributed by atoms with Gasteiger partial charge in [-0.3, -0.25) is 4.79 Å². The number of aromatic amines is 1. The summed E-state index contributed by atoms with van der Waals surface area (Å²) in [6.45, 7) is 4.33. The van der Waals surface area contributed by atoms with Crippen LogP contribution in [0.4, 0.5) is 0 Å². The molecule has 3 nitrogen and oxygen atoms in total. The summed E-state index contributed by atoms with van der Waals surface area (Å²) in [5, 5.41) is 0.823. The van der Waals surface area contributed by atoms with E-state index in [0.29, 0.717) is 11.7 Å². The van der Waals surface area contributed by atoms with E-state index in [1.54, 1.807) is 11.3 Å². The molecule has 112 valence electrons. The van der Waals surface area contributed by atoms with E-state index in [1.807, 2.05) is 25.1 Å². The number of hydrogen-bond donors (Lipinski definition) is 1. The Balaban J connectivity index is 1.92. The number of benzene rings is 1. The molecule has 1 aliphatic rings. The number of aromatic nitrogens is 2. The minimum atomic E-state index is 0.00793. The van der Waals surface area contributed by atoms with E-state index < -0.39 is 0 Å². The monoisotopic (exact) mass is 310 g/mol. The van der Waals surface area contributed by atoms with Crippen molar-refractivity contribution in [2.75, 3.05) is 0 Å². The van der Waals surface area contributed by atoms with E-state index in [4.69, 9.17) is 4.98 Å². The summed E-state index contributed by atoms with van der Waals surface area (Å²) >= 11 is 1.70. The molecule has 3 aromatic rings. The van der Waals surface area contributed by atoms with Crippen LogP contribution in [0.3, 0.4) is 0 Å². The molecule has 2 aromatic heterocycles. The van der Waals surface area contributed by atoms with Crippen LogP contribution in [0.25, 0.3) is 21.6 Å². The molecule has 2 heterocycles. The van der Waals surface area contributed by atoms with Gasteiger partial charge in [0.15, 0.2) is 0 Å². The Bertz CT molecular complexity index is 922. The number of rotatable bonds is 1. The van der Waals surface area contributed by atoms with E-state index in [9.17, 15) is 4.79 Å². The van der Waals surface area contributed by atoms with Gasteiger partial charge in [0.2, 0.25) is 0 Å². The molecule has 1 unspecified atom stereocenters. The van der Waals surface area contributed by atoms with Gasteiger partial charge in [0.05, 0.1) is 5.39 Å². The maximum absolute atomic E-state index is 12.6. The van der Waals surface area contributed by atoms with Gasteiger partial charge in [0.1, 0.15) is 10.7 Å². The molecule has 1 aromatic carbocycles.